The van der Waals surface area contributed by atoms with Crippen LogP contribution in [0.3, 0.4) is 0 Å². The fraction of sp³-hybridized carbons (Fsp3) is 1.00. The zero-order valence-corrected chi connectivity index (χ0v) is 8.00. The lowest BCUT2D eigenvalue weighted by Gasteiger charge is -2.39. The van der Waals surface area contributed by atoms with Crippen LogP contribution in [0.4, 0.5) is 0 Å². The molecule has 0 aromatic heterocycles. The largest absolute Gasteiger partial charge is 0.300 e. The van der Waals surface area contributed by atoms with Gasteiger partial charge in [-0.3, -0.25) is 4.90 Å². The lowest BCUT2D eigenvalue weighted by molar-refractivity contribution is 0.0895. The molecular weight excluding hydrogens is 146 g/mol. The number of hydrogen-bond acceptors (Lipinski definition) is 1. The second-order valence-corrected chi connectivity index (χ2v) is 5.06. The third kappa shape index (κ3) is 0.834. The van der Waals surface area contributed by atoms with Crippen LogP contribution in [-0.4, -0.2) is 24.0 Å². The van der Waals surface area contributed by atoms with Crippen molar-refractivity contribution in [2.45, 2.75) is 38.6 Å². The normalized spacial score (nSPS) is 57.2. The molecule has 12 heavy (non-hydrogen) atoms. The first-order chi connectivity index (χ1) is 5.86. The van der Waals surface area contributed by atoms with Gasteiger partial charge in [0.2, 0.25) is 0 Å². The van der Waals surface area contributed by atoms with Crippen molar-refractivity contribution in [2.75, 3.05) is 13.1 Å². The molecule has 1 nitrogen and oxygen atoms in total. The van der Waals surface area contributed by atoms with E-state index in [1.807, 2.05) is 0 Å². The van der Waals surface area contributed by atoms with E-state index in [0.717, 1.165) is 23.8 Å². The van der Waals surface area contributed by atoms with Gasteiger partial charge in [-0.2, -0.15) is 0 Å². The molecule has 2 saturated heterocycles. The molecule has 5 unspecified atom stereocenters. The topological polar surface area (TPSA) is 3.24 Å². The van der Waals surface area contributed by atoms with E-state index in [-0.39, 0.29) is 0 Å². The molecule has 0 aromatic rings. The summed E-state index contributed by atoms with van der Waals surface area (Å²) in [6, 6.07) is 0.999. The van der Waals surface area contributed by atoms with Crippen molar-refractivity contribution in [3.05, 3.63) is 0 Å². The average Bonchev–Trinajstić information content (AvgIpc) is 2.69. The Morgan fingerprint density at radius 1 is 1.17 bits per heavy atom. The highest BCUT2D eigenvalue weighted by Crippen LogP contribution is 2.46. The molecule has 0 aromatic carbocycles. The van der Waals surface area contributed by atoms with Gasteiger partial charge in [0, 0.05) is 12.6 Å². The van der Waals surface area contributed by atoms with Crippen molar-refractivity contribution in [1.29, 1.82) is 0 Å². The Kier molecular flexibility index (Phi) is 1.52. The van der Waals surface area contributed by atoms with Gasteiger partial charge in [-0.1, -0.05) is 13.3 Å². The summed E-state index contributed by atoms with van der Waals surface area (Å²) in [6.07, 6.45) is 6.03. The van der Waals surface area contributed by atoms with Gasteiger partial charge in [0.25, 0.3) is 0 Å². The number of hydrogen-bond donors (Lipinski definition) is 0. The van der Waals surface area contributed by atoms with Crippen LogP contribution in [0.25, 0.3) is 0 Å². The molecule has 0 N–H and O–H groups in total. The summed E-state index contributed by atoms with van der Waals surface area (Å²) in [5.41, 5.74) is 0. The summed E-state index contributed by atoms with van der Waals surface area (Å²) in [5, 5.41) is 0. The van der Waals surface area contributed by atoms with Gasteiger partial charge in [-0.25, -0.2) is 0 Å². The highest BCUT2D eigenvalue weighted by Gasteiger charge is 2.46. The number of rotatable bonds is 0. The van der Waals surface area contributed by atoms with Crippen LogP contribution in [0.15, 0.2) is 0 Å². The summed E-state index contributed by atoms with van der Waals surface area (Å²) in [6.45, 7) is 5.36. The minimum absolute atomic E-state index is 0.999. The molecule has 0 radical (unpaired) electrons. The predicted octanol–water partition coefficient (Wildman–Crippen LogP) is 2.13. The lowest BCUT2D eigenvalue weighted by Crippen LogP contribution is -2.44. The Balaban J connectivity index is 1.89. The summed E-state index contributed by atoms with van der Waals surface area (Å²) >= 11 is 0. The van der Waals surface area contributed by atoms with Crippen LogP contribution in [-0.2, 0) is 0 Å². The zero-order chi connectivity index (χ0) is 8.13. The Morgan fingerprint density at radius 2 is 2.08 bits per heavy atom. The summed E-state index contributed by atoms with van der Waals surface area (Å²) in [7, 11) is 0. The van der Waals surface area contributed by atoms with Gasteiger partial charge < -0.3 is 0 Å². The maximum absolute atomic E-state index is 2.78. The van der Waals surface area contributed by atoms with Gasteiger partial charge in [-0.05, 0) is 43.6 Å². The zero-order valence-electron chi connectivity index (χ0n) is 8.00. The van der Waals surface area contributed by atoms with E-state index in [1.54, 1.807) is 0 Å². The molecule has 3 aliphatic rings. The molecule has 0 spiro atoms. The summed E-state index contributed by atoms with van der Waals surface area (Å²) < 4.78 is 0. The first-order valence-electron chi connectivity index (χ1n) is 5.60. The SMILES string of the molecule is CC1C2CCN(C2)C2CCCC12. The second kappa shape index (κ2) is 2.47. The van der Waals surface area contributed by atoms with Crippen LogP contribution >= 0.6 is 0 Å². The van der Waals surface area contributed by atoms with Crippen molar-refractivity contribution in [3.8, 4) is 0 Å². The smallest absolute Gasteiger partial charge is 0.0126 e. The number of nitrogens with zero attached hydrogens (tertiary/aromatic N) is 1. The van der Waals surface area contributed by atoms with Crippen LogP contribution < -0.4 is 0 Å². The van der Waals surface area contributed by atoms with Crippen molar-refractivity contribution in [3.63, 3.8) is 0 Å². The quantitative estimate of drug-likeness (QED) is 0.531. The number of piperidine rings is 1. The van der Waals surface area contributed by atoms with Gasteiger partial charge >= 0.3 is 0 Å². The second-order valence-electron chi connectivity index (χ2n) is 5.06. The van der Waals surface area contributed by atoms with E-state index in [9.17, 15) is 0 Å². The van der Waals surface area contributed by atoms with Crippen LogP contribution in [0.2, 0.25) is 0 Å². The Labute approximate surface area is 75.1 Å². The van der Waals surface area contributed by atoms with E-state index in [2.05, 4.69) is 11.8 Å². The van der Waals surface area contributed by atoms with Crippen molar-refractivity contribution in [2.24, 2.45) is 17.8 Å². The molecule has 3 rings (SSSR count). The van der Waals surface area contributed by atoms with Crippen LogP contribution in [0.1, 0.15) is 32.6 Å². The highest BCUT2D eigenvalue weighted by molar-refractivity contribution is 4.99. The van der Waals surface area contributed by atoms with Crippen molar-refractivity contribution < 1.29 is 0 Å². The maximum Gasteiger partial charge on any atom is 0.0126 e. The lowest BCUT2D eigenvalue weighted by atomic mass is 9.77. The van der Waals surface area contributed by atoms with E-state index >= 15 is 0 Å². The highest BCUT2D eigenvalue weighted by atomic mass is 15.2. The fourth-order valence-corrected chi connectivity index (χ4v) is 3.93. The molecule has 2 heterocycles. The van der Waals surface area contributed by atoms with Gasteiger partial charge in [0.1, 0.15) is 0 Å². The van der Waals surface area contributed by atoms with Gasteiger partial charge in [0.05, 0.1) is 0 Å². The van der Waals surface area contributed by atoms with E-state index in [1.165, 1.54) is 38.8 Å². The van der Waals surface area contributed by atoms with Crippen molar-refractivity contribution >= 4 is 0 Å². The molecule has 0 amide bonds. The van der Waals surface area contributed by atoms with E-state index in [4.69, 9.17) is 0 Å². The minimum atomic E-state index is 0.999. The maximum atomic E-state index is 2.78. The third-order valence-corrected chi connectivity index (χ3v) is 4.68. The van der Waals surface area contributed by atoms with Crippen LogP contribution in [0, 0.1) is 17.8 Å². The monoisotopic (exact) mass is 165 g/mol. The van der Waals surface area contributed by atoms with E-state index in [0.29, 0.717) is 0 Å². The molecule has 2 bridgehead atoms. The first-order valence-corrected chi connectivity index (χ1v) is 5.60. The molecule has 1 saturated carbocycles. The summed E-state index contributed by atoms with van der Waals surface area (Å²) in [4.78, 5) is 2.78. The Hall–Kier alpha value is -0.0400. The molecule has 68 valence electrons. The first kappa shape index (κ1) is 7.37. The Bertz CT molecular complexity index is 185. The minimum Gasteiger partial charge on any atom is -0.300 e. The third-order valence-electron chi connectivity index (χ3n) is 4.68. The average molecular weight is 165 g/mol. The fourth-order valence-electron chi connectivity index (χ4n) is 3.93. The van der Waals surface area contributed by atoms with Gasteiger partial charge in [0.15, 0.2) is 0 Å². The molecule has 3 fully saturated rings. The predicted molar refractivity (Wildman–Crippen MR) is 50.0 cm³/mol. The molecule has 1 aliphatic carbocycles. The van der Waals surface area contributed by atoms with E-state index < -0.39 is 0 Å². The van der Waals surface area contributed by atoms with Crippen molar-refractivity contribution in [1.82, 2.24) is 4.90 Å². The van der Waals surface area contributed by atoms with Crippen LogP contribution in [0.5, 0.6) is 0 Å². The molecule has 2 aliphatic heterocycles. The summed E-state index contributed by atoms with van der Waals surface area (Å²) in [5.74, 6) is 3.17. The number of fused-ring (bicyclic) bond motifs is 4. The molecule has 1 heteroatoms. The molecular formula is C11H19N. The Morgan fingerprint density at radius 3 is 3.00 bits per heavy atom. The van der Waals surface area contributed by atoms with Gasteiger partial charge in [-0.15, -0.1) is 0 Å². The molecule has 5 atom stereocenters. The standard InChI is InChI=1S/C11H19N/c1-8-9-5-6-12(7-9)11-4-2-3-10(8)11/h8-11H,2-7H2,1H3.